The van der Waals surface area contributed by atoms with Gasteiger partial charge in [0, 0.05) is 5.56 Å². The van der Waals surface area contributed by atoms with Gasteiger partial charge in [-0.25, -0.2) is 15.0 Å². The minimum absolute atomic E-state index is 0.000577. The van der Waals surface area contributed by atoms with Crippen molar-refractivity contribution in [1.82, 2.24) is 9.97 Å². The number of nitrogens with one attached hydrogen (secondary N) is 1. The number of hydrogen-bond acceptors (Lipinski definition) is 4. The zero-order valence-electron chi connectivity index (χ0n) is 14.8. The van der Waals surface area contributed by atoms with Crippen molar-refractivity contribution in [3.63, 3.8) is 0 Å². The Morgan fingerprint density at radius 3 is 2.14 bits per heavy atom. The molecule has 0 atom stereocenters. The van der Waals surface area contributed by atoms with Crippen molar-refractivity contribution < 1.29 is 4.42 Å². The number of fused-ring (bicyclic) bond motifs is 1. The number of guanidine groups is 2. The fraction of sp³-hybridized carbons (Fsp3) is 0. The number of nitrogens with two attached hydrogens (primary N) is 4. The molecule has 28 heavy (non-hydrogen) atoms. The van der Waals surface area contributed by atoms with Crippen LogP contribution in [-0.2, 0) is 0 Å². The van der Waals surface area contributed by atoms with Gasteiger partial charge in [-0.2, -0.15) is 0 Å². The maximum Gasteiger partial charge on any atom is 0.191 e. The smallest absolute Gasteiger partial charge is 0.191 e. The van der Waals surface area contributed by atoms with Gasteiger partial charge in [-0.1, -0.05) is 0 Å². The largest absolute Gasteiger partial charge is 0.453 e. The van der Waals surface area contributed by atoms with E-state index < -0.39 is 0 Å². The van der Waals surface area contributed by atoms with Crippen LogP contribution >= 0.6 is 0 Å². The van der Waals surface area contributed by atoms with Gasteiger partial charge in [0.1, 0.15) is 5.76 Å². The second kappa shape index (κ2) is 6.80. The number of aromatic nitrogens is 2. The summed E-state index contributed by atoms with van der Waals surface area (Å²) >= 11 is 0. The second-order valence-electron chi connectivity index (χ2n) is 6.07. The zero-order valence-corrected chi connectivity index (χ0v) is 14.8. The van der Waals surface area contributed by atoms with Crippen molar-refractivity contribution in [2.75, 3.05) is 0 Å². The average molecular weight is 374 g/mol. The summed E-state index contributed by atoms with van der Waals surface area (Å²) in [4.78, 5) is 15.8. The lowest BCUT2D eigenvalue weighted by Crippen LogP contribution is -2.21. The summed E-state index contributed by atoms with van der Waals surface area (Å²) in [5.74, 6) is 1.94. The lowest BCUT2D eigenvalue weighted by atomic mass is 10.1. The van der Waals surface area contributed by atoms with Crippen LogP contribution in [0.4, 0.5) is 11.4 Å². The van der Waals surface area contributed by atoms with Gasteiger partial charge in [0.15, 0.2) is 23.5 Å². The molecule has 0 fully saturated rings. The molecule has 9 N–H and O–H groups in total. The number of rotatable bonds is 4. The molecule has 9 heteroatoms. The van der Waals surface area contributed by atoms with Crippen molar-refractivity contribution in [3.05, 3.63) is 54.6 Å². The van der Waals surface area contributed by atoms with E-state index in [1.54, 1.807) is 6.07 Å². The van der Waals surface area contributed by atoms with Crippen LogP contribution in [-0.4, -0.2) is 21.9 Å². The van der Waals surface area contributed by atoms with Gasteiger partial charge >= 0.3 is 0 Å². The maximum absolute atomic E-state index is 5.95. The van der Waals surface area contributed by atoms with Crippen molar-refractivity contribution >= 4 is 34.3 Å². The summed E-state index contributed by atoms with van der Waals surface area (Å²) in [5.41, 5.74) is 25.4. The molecule has 2 aromatic heterocycles. The first-order chi connectivity index (χ1) is 13.5. The lowest BCUT2D eigenvalue weighted by Gasteiger charge is -1.99. The molecule has 0 bridgehead atoms. The van der Waals surface area contributed by atoms with Crippen LogP contribution in [0.5, 0.6) is 0 Å². The SMILES string of the molecule is NC(N)=Nc1ccc(-c2ccc(-c3nc4ccc(N=C(N)N)cc4[nH]3)o2)cc1. The summed E-state index contributed by atoms with van der Waals surface area (Å²) in [6.07, 6.45) is 0. The van der Waals surface area contributed by atoms with E-state index in [0.29, 0.717) is 28.7 Å². The average Bonchev–Trinajstić information content (AvgIpc) is 3.27. The third kappa shape index (κ3) is 3.49. The van der Waals surface area contributed by atoms with Gasteiger partial charge in [-0.05, 0) is 54.6 Å². The van der Waals surface area contributed by atoms with Crippen LogP contribution in [0, 0.1) is 0 Å². The van der Waals surface area contributed by atoms with Gasteiger partial charge in [-0.15, -0.1) is 0 Å². The fourth-order valence-corrected chi connectivity index (χ4v) is 2.80. The van der Waals surface area contributed by atoms with E-state index in [2.05, 4.69) is 20.0 Å². The Morgan fingerprint density at radius 1 is 0.786 bits per heavy atom. The monoisotopic (exact) mass is 374 g/mol. The predicted molar refractivity (Wildman–Crippen MR) is 110 cm³/mol. The Labute approximate surface area is 159 Å². The van der Waals surface area contributed by atoms with Crippen LogP contribution < -0.4 is 22.9 Å². The molecule has 2 aromatic carbocycles. The van der Waals surface area contributed by atoms with E-state index in [0.717, 1.165) is 16.6 Å². The molecule has 140 valence electrons. The molecule has 0 saturated carbocycles. The van der Waals surface area contributed by atoms with Crippen molar-refractivity contribution in [2.24, 2.45) is 32.9 Å². The van der Waals surface area contributed by atoms with Crippen molar-refractivity contribution in [2.45, 2.75) is 0 Å². The second-order valence-corrected chi connectivity index (χ2v) is 6.07. The highest BCUT2D eigenvalue weighted by atomic mass is 16.3. The highest BCUT2D eigenvalue weighted by molar-refractivity contribution is 5.85. The molecule has 4 aromatic rings. The number of imidazole rings is 1. The van der Waals surface area contributed by atoms with E-state index in [-0.39, 0.29) is 11.9 Å². The van der Waals surface area contributed by atoms with Crippen LogP contribution in [0.15, 0.2) is 69.0 Å². The molecule has 0 spiro atoms. The topological polar surface area (TPSA) is 171 Å². The van der Waals surface area contributed by atoms with E-state index >= 15 is 0 Å². The Morgan fingerprint density at radius 2 is 1.43 bits per heavy atom. The molecule has 0 aliphatic heterocycles. The minimum atomic E-state index is 0.000577. The third-order valence-corrected chi connectivity index (χ3v) is 3.97. The zero-order chi connectivity index (χ0) is 19.7. The Kier molecular flexibility index (Phi) is 4.17. The normalized spacial score (nSPS) is 10.7. The predicted octanol–water partition coefficient (Wildman–Crippen LogP) is 2.30. The first kappa shape index (κ1) is 17.2. The van der Waals surface area contributed by atoms with Gasteiger partial charge in [0.05, 0.1) is 22.4 Å². The van der Waals surface area contributed by atoms with Crippen LogP contribution in [0.2, 0.25) is 0 Å². The number of aliphatic imine (C=N–C) groups is 2. The standard InChI is InChI=1S/C19H18N8O/c20-18(21)24-11-3-1-10(2-4-11)15-7-8-16(28-15)17-26-13-6-5-12(25-19(22)23)9-14(13)27-17/h1-9H,(H,26,27)(H4,20,21,24)(H4,22,23,25). The number of benzene rings is 2. The highest BCUT2D eigenvalue weighted by Crippen LogP contribution is 2.30. The van der Waals surface area contributed by atoms with E-state index in [1.807, 2.05) is 48.5 Å². The van der Waals surface area contributed by atoms with E-state index in [4.69, 9.17) is 27.4 Å². The molecule has 0 radical (unpaired) electrons. The molecule has 0 aliphatic carbocycles. The van der Waals surface area contributed by atoms with Crippen LogP contribution in [0.1, 0.15) is 0 Å². The van der Waals surface area contributed by atoms with Crippen molar-refractivity contribution in [1.29, 1.82) is 0 Å². The number of H-pyrrole nitrogens is 1. The maximum atomic E-state index is 5.95. The molecular weight excluding hydrogens is 356 g/mol. The van der Waals surface area contributed by atoms with Crippen LogP contribution in [0.25, 0.3) is 33.9 Å². The lowest BCUT2D eigenvalue weighted by molar-refractivity contribution is 0.593. The summed E-state index contributed by atoms with van der Waals surface area (Å²) in [6, 6.07) is 16.6. The number of nitrogens with zero attached hydrogens (tertiary/aromatic N) is 3. The molecule has 2 heterocycles. The number of furan rings is 1. The third-order valence-electron chi connectivity index (χ3n) is 3.97. The highest BCUT2D eigenvalue weighted by Gasteiger charge is 2.11. The number of aromatic amines is 1. The molecular formula is C19H18N8O. The van der Waals surface area contributed by atoms with Gasteiger partial charge < -0.3 is 32.3 Å². The molecule has 0 aliphatic rings. The molecule has 4 rings (SSSR count). The van der Waals surface area contributed by atoms with Gasteiger partial charge in [0.25, 0.3) is 0 Å². The Balaban J connectivity index is 1.63. The molecule has 0 unspecified atom stereocenters. The first-order valence-corrected chi connectivity index (χ1v) is 8.37. The first-order valence-electron chi connectivity index (χ1n) is 8.37. The van der Waals surface area contributed by atoms with Crippen LogP contribution in [0.3, 0.4) is 0 Å². The summed E-state index contributed by atoms with van der Waals surface area (Å²) in [7, 11) is 0. The quantitative estimate of drug-likeness (QED) is 0.271. The van der Waals surface area contributed by atoms with E-state index in [9.17, 15) is 0 Å². The fourth-order valence-electron chi connectivity index (χ4n) is 2.80. The van der Waals surface area contributed by atoms with E-state index in [1.165, 1.54) is 0 Å². The Hall–Kier alpha value is -4.27. The van der Waals surface area contributed by atoms with Gasteiger partial charge in [-0.3, -0.25) is 0 Å². The Bertz CT molecular complexity index is 1190. The molecule has 0 saturated heterocycles. The van der Waals surface area contributed by atoms with Gasteiger partial charge in [0.2, 0.25) is 0 Å². The minimum Gasteiger partial charge on any atom is -0.453 e. The number of hydrogen-bond donors (Lipinski definition) is 5. The van der Waals surface area contributed by atoms with Crippen molar-refractivity contribution in [3.8, 4) is 22.9 Å². The molecule has 9 nitrogen and oxygen atoms in total. The summed E-state index contributed by atoms with van der Waals surface area (Å²) < 4.78 is 5.95. The summed E-state index contributed by atoms with van der Waals surface area (Å²) in [6.45, 7) is 0. The summed E-state index contributed by atoms with van der Waals surface area (Å²) in [5, 5.41) is 0. The molecule has 0 amide bonds.